The van der Waals surface area contributed by atoms with Crippen molar-refractivity contribution < 1.29 is 0 Å². The molecule has 0 aliphatic rings. The first-order chi connectivity index (χ1) is 6.26. The van der Waals surface area contributed by atoms with Gasteiger partial charge in [0.1, 0.15) is 0 Å². The molecule has 72 valence electrons. The van der Waals surface area contributed by atoms with E-state index in [1.165, 1.54) is 0 Å². The average molecular weight is 199 g/mol. The van der Waals surface area contributed by atoms with Crippen molar-refractivity contribution in [3.8, 4) is 0 Å². The Hall–Kier alpha value is -0.730. The second-order valence-corrected chi connectivity index (χ2v) is 3.23. The van der Waals surface area contributed by atoms with Crippen LogP contribution in [-0.4, -0.2) is 18.1 Å². The molecule has 2 nitrogen and oxygen atoms in total. The molecule has 0 saturated carbocycles. The number of benzene rings is 1. The summed E-state index contributed by atoms with van der Waals surface area (Å²) in [6, 6.07) is 7.73. The monoisotopic (exact) mass is 198 g/mol. The van der Waals surface area contributed by atoms with Gasteiger partial charge in [-0.05, 0) is 18.2 Å². The van der Waals surface area contributed by atoms with Crippen molar-refractivity contribution in [2.45, 2.75) is 13.8 Å². The lowest BCUT2D eigenvalue weighted by atomic mass is 10.3. The summed E-state index contributed by atoms with van der Waals surface area (Å²) in [5.74, 6) is 0. The van der Waals surface area contributed by atoms with Gasteiger partial charge in [0.15, 0.2) is 0 Å². The summed E-state index contributed by atoms with van der Waals surface area (Å²) in [4.78, 5) is 0. The molecule has 0 aliphatic heterocycles. The second-order valence-electron chi connectivity index (χ2n) is 2.79. The van der Waals surface area contributed by atoms with E-state index in [0.717, 1.165) is 23.8 Å². The maximum absolute atomic E-state index is 5.86. The lowest BCUT2D eigenvalue weighted by Crippen LogP contribution is -2.29. The Morgan fingerprint density at radius 2 is 2.00 bits per heavy atom. The number of anilines is 1. The molecule has 0 atom stereocenters. The van der Waals surface area contributed by atoms with Crippen molar-refractivity contribution in [3.05, 3.63) is 29.3 Å². The Morgan fingerprint density at radius 1 is 1.31 bits per heavy atom. The zero-order valence-electron chi connectivity index (χ0n) is 8.05. The summed E-state index contributed by atoms with van der Waals surface area (Å²) in [6.07, 6.45) is 0. The molecule has 1 aromatic rings. The highest BCUT2D eigenvalue weighted by Crippen LogP contribution is 2.15. The highest BCUT2D eigenvalue weighted by molar-refractivity contribution is 6.30. The normalized spacial score (nSPS) is 10.5. The van der Waals surface area contributed by atoms with E-state index in [-0.39, 0.29) is 0 Å². The molecule has 1 aromatic carbocycles. The molecule has 0 amide bonds. The third-order valence-electron chi connectivity index (χ3n) is 1.88. The van der Waals surface area contributed by atoms with Crippen LogP contribution in [0, 0.1) is 0 Å². The van der Waals surface area contributed by atoms with E-state index in [9.17, 15) is 0 Å². The molecular formula is C10H15ClN2. The maximum atomic E-state index is 5.86. The highest BCUT2D eigenvalue weighted by atomic mass is 35.5. The predicted octanol–water partition coefficient (Wildman–Crippen LogP) is 3.01. The Bertz CT molecular complexity index is 259. The van der Waals surface area contributed by atoms with Crippen LogP contribution in [0.5, 0.6) is 0 Å². The average Bonchev–Trinajstić information content (AvgIpc) is 2.14. The van der Waals surface area contributed by atoms with E-state index in [0.29, 0.717) is 0 Å². The van der Waals surface area contributed by atoms with Crippen molar-refractivity contribution in [1.82, 2.24) is 5.01 Å². The van der Waals surface area contributed by atoms with E-state index >= 15 is 0 Å². The number of nitrogens with one attached hydrogen (secondary N) is 1. The van der Waals surface area contributed by atoms with Crippen LogP contribution in [0.25, 0.3) is 0 Å². The van der Waals surface area contributed by atoms with E-state index in [2.05, 4.69) is 24.3 Å². The Morgan fingerprint density at radius 3 is 2.54 bits per heavy atom. The number of halogens is 1. The predicted molar refractivity (Wildman–Crippen MR) is 58.0 cm³/mol. The van der Waals surface area contributed by atoms with Gasteiger partial charge in [-0.2, -0.15) is 0 Å². The highest BCUT2D eigenvalue weighted by Gasteiger charge is 1.98. The number of nitrogens with zero attached hydrogens (tertiary/aromatic N) is 1. The summed E-state index contributed by atoms with van der Waals surface area (Å²) in [7, 11) is 0. The first-order valence-electron chi connectivity index (χ1n) is 4.53. The van der Waals surface area contributed by atoms with Crippen LogP contribution in [0.1, 0.15) is 13.8 Å². The minimum atomic E-state index is 0.761. The fourth-order valence-electron chi connectivity index (χ4n) is 1.12. The first kappa shape index (κ1) is 10.4. The Kier molecular flexibility index (Phi) is 4.06. The van der Waals surface area contributed by atoms with E-state index < -0.39 is 0 Å². The number of rotatable bonds is 4. The molecule has 1 rings (SSSR count). The van der Waals surface area contributed by atoms with Crippen LogP contribution in [0.15, 0.2) is 24.3 Å². The van der Waals surface area contributed by atoms with Gasteiger partial charge in [0.05, 0.1) is 5.69 Å². The zero-order chi connectivity index (χ0) is 9.68. The van der Waals surface area contributed by atoms with Gasteiger partial charge in [-0.1, -0.05) is 31.5 Å². The van der Waals surface area contributed by atoms with Crippen LogP contribution in [0.4, 0.5) is 5.69 Å². The van der Waals surface area contributed by atoms with Gasteiger partial charge in [-0.3, -0.25) is 0 Å². The molecule has 0 fully saturated rings. The molecule has 3 heteroatoms. The number of hydrogen-bond donors (Lipinski definition) is 1. The minimum absolute atomic E-state index is 0.761. The minimum Gasteiger partial charge on any atom is -0.319 e. The summed E-state index contributed by atoms with van der Waals surface area (Å²) in [5, 5.41) is 2.88. The van der Waals surface area contributed by atoms with Crippen molar-refractivity contribution in [1.29, 1.82) is 0 Å². The smallest absolute Gasteiger partial charge is 0.0504 e. The Labute approximate surface area is 84.5 Å². The van der Waals surface area contributed by atoms with Crippen LogP contribution < -0.4 is 5.43 Å². The molecule has 0 saturated heterocycles. The molecule has 0 bridgehead atoms. The van der Waals surface area contributed by atoms with Gasteiger partial charge >= 0.3 is 0 Å². The number of hydrazine groups is 1. The number of hydrogen-bond acceptors (Lipinski definition) is 2. The topological polar surface area (TPSA) is 15.3 Å². The summed E-state index contributed by atoms with van der Waals surface area (Å²) < 4.78 is 0. The third-order valence-corrected chi connectivity index (χ3v) is 2.11. The molecule has 0 aliphatic carbocycles. The fraction of sp³-hybridized carbons (Fsp3) is 0.400. The van der Waals surface area contributed by atoms with E-state index in [1.807, 2.05) is 24.3 Å². The molecule has 0 aromatic heterocycles. The summed E-state index contributed by atoms with van der Waals surface area (Å²) in [6.45, 7) is 6.17. The largest absolute Gasteiger partial charge is 0.319 e. The van der Waals surface area contributed by atoms with Crippen molar-refractivity contribution >= 4 is 17.3 Å². The van der Waals surface area contributed by atoms with Crippen LogP contribution in [0.3, 0.4) is 0 Å². The van der Waals surface area contributed by atoms with Crippen LogP contribution in [-0.2, 0) is 0 Å². The van der Waals surface area contributed by atoms with Gasteiger partial charge in [0.2, 0.25) is 0 Å². The fourth-order valence-corrected chi connectivity index (χ4v) is 1.31. The molecule has 0 radical (unpaired) electrons. The molecule has 0 heterocycles. The Balaban J connectivity index is 2.62. The third kappa shape index (κ3) is 3.25. The van der Waals surface area contributed by atoms with Gasteiger partial charge in [0, 0.05) is 18.1 Å². The quantitative estimate of drug-likeness (QED) is 0.749. The van der Waals surface area contributed by atoms with Crippen molar-refractivity contribution in [3.63, 3.8) is 0 Å². The molecule has 0 unspecified atom stereocenters. The van der Waals surface area contributed by atoms with Crippen molar-refractivity contribution in [2.24, 2.45) is 0 Å². The lowest BCUT2D eigenvalue weighted by Gasteiger charge is -2.20. The first-order valence-corrected chi connectivity index (χ1v) is 4.91. The van der Waals surface area contributed by atoms with Crippen LogP contribution in [0.2, 0.25) is 5.02 Å². The SMILES string of the molecule is CCN(CC)Nc1cccc(Cl)c1. The standard InChI is InChI=1S/C10H15ClN2/c1-3-13(4-2)12-10-7-5-6-9(11)8-10/h5-8,12H,3-4H2,1-2H3. The lowest BCUT2D eigenvalue weighted by molar-refractivity contribution is 0.367. The molecule has 13 heavy (non-hydrogen) atoms. The van der Waals surface area contributed by atoms with E-state index in [4.69, 9.17) is 11.6 Å². The molecule has 1 N–H and O–H groups in total. The van der Waals surface area contributed by atoms with Gasteiger partial charge in [-0.15, -0.1) is 0 Å². The second kappa shape index (κ2) is 5.10. The zero-order valence-corrected chi connectivity index (χ0v) is 8.80. The molecule has 0 spiro atoms. The van der Waals surface area contributed by atoms with Crippen LogP contribution >= 0.6 is 11.6 Å². The molecular weight excluding hydrogens is 184 g/mol. The summed E-state index contributed by atoms with van der Waals surface area (Å²) in [5.41, 5.74) is 4.31. The van der Waals surface area contributed by atoms with Gasteiger partial charge < -0.3 is 5.43 Å². The maximum Gasteiger partial charge on any atom is 0.0504 e. The summed E-state index contributed by atoms with van der Waals surface area (Å²) >= 11 is 5.86. The van der Waals surface area contributed by atoms with Gasteiger partial charge in [-0.25, -0.2) is 5.01 Å². The van der Waals surface area contributed by atoms with E-state index in [1.54, 1.807) is 0 Å². The van der Waals surface area contributed by atoms with Crippen molar-refractivity contribution in [2.75, 3.05) is 18.5 Å². The van der Waals surface area contributed by atoms with Gasteiger partial charge in [0.25, 0.3) is 0 Å².